The summed E-state index contributed by atoms with van der Waals surface area (Å²) in [5, 5.41) is 4.91. The van der Waals surface area contributed by atoms with Crippen LogP contribution in [-0.4, -0.2) is 20.7 Å². The molecule has 0 aliphatic heterocycles. The first-order valence-corrected chi connectivity index (χ1v) is 8.05. The Hall–Kier alpha value is -2.66. The molecule has 6 heteroatoms. The Morgan fingerprint density at radius 2 is 1.83 bits per heavy atom. The Morgan fingerprint density at radius 3 is 2.46 bits per heavy atom. The highest BCUT2D eigenvalue weighted by atomic mass is 35.5. The smallest absolute Gasteiger partial charge is 0.257 e. The molecule has 0 aliphatic rings. The zero-order valence-electron chi connectivity index (χ0n) is 13.2. The number of halogens is 1. The highest BCUT2D eigenvalue weighted by Gasteiger charge is 2.24. The second-order valence-corrected chi connectivity index (χ2v) is 5.86. The zero-order chi connectivity index (χ0) is 17.1. The minimum atomic E-state index is -0.312. The molecular weight excluding hydrogens is 324 g/mol. The van der Waals surface area contributed by atoms with E-state index < -0.39 is 0 Å². The predicted molar refractivity (Wildman–Crippen MR) is 95.0 cm³/mol. The van der Waals surface area contributed by atoms with Crippen molar-refractivity contribution in [1.82, 2.24) is 14.8 Å². The van der Waals surface area contributed by atoms with Gasteiger partial charge in [0.25, 0.3) is 5.91 Å². The van der Waals surface area contributed by atoms with Crippen molar-refractivity contribution in [3.05, 3.63) is 65.2 Å². The summed E-state index contributed by atoms with van der Waals surface area (Å²) >= 11 is 5.89. The summed E-state index contributed by atoms with van der Waals surface area (Å²) in [6.07, 6.45) is 0.651. The summed E-state index contributed by atoms with van der Waals surface area (Å²) in [6.45, 7) is 1.96. The van der Waals surface area contributed by atoms with Crippen LogP contribution < -0.4 is 5.73 Å². The van der Waals surface area contributed by atoms with Gasteiger partial charge >= 0.3 is 0 Å². The minimum Gasteiger partial charge on any atom is -0.368 e. The monoisotopic (exact) mass is 340 g/mol. The minimum absolute atomic E-state index is 0.0827. The van der Waals surface area contributed by atoms with Crippen LogP contribution >= 0.6 is 11.6 Å². The first-order valence-electron chi connectivity index (χ1n) is 7.67. The van der Waals surface area contributed by atoms with E-state index in [9.17, 15) is 4.79 Å². The molecule has 0 bridgehead atoms. The molecule has 24 heavy (non-hydrogen) atoms. The number of carbonyl (C=O) groups is 1. The number of nitrogens with zero attached hydrogens (tertiary/aromatic N) is 3. The Labute approximate surface area is 145 Å². The maximum atomic E-state index is 12.9. The Kier molecular flexibility index (Phi) is 4.62. The van der Waals surface area contributed by atoms with Crippen LogP contribution in [-0.2, 0) is 0 Å². The van der Waals surface area contributed by atoms with Crippen molar-refractivity contribution in [2.75, 3.05) is 5.73 Å². The van der Waals surface area contributed by atoms with E-state index in [0.717, 1.165) is 11.1 Å². The van der Waals surface area contributed by atoms with Crippen LogP contribution in [0, 0.1) is 0 Å². The SMILES string of the molecule is CC[C@H](C(=O)n1nc(-c2ccc(Cl)cc2)nc1N)c1ccccc1. The van der Waals surface area contributed by atoms with Gasteiger partial charge in [0.05, 0.1) is 5.92 Å². The maximum Gasteiger partial charge on any atom is 0.257 e. The summed E-state index contributed by atoms with van der Waals surface area (Å²) in [6, 6.07) is 16.7. The van der Waals surface area contributed by atoms with Crippen LogP contribution in [0.1, 0.15) is 29.6 Å². The van der Waals surface area contributed by atoms with Crippen molar-refractivity contribution in [2.45, 2.75) is 19.3 Å². The number of nitrogens with two attached hydrogens (primary N) is 1. The number of hydrogen-bond donors (Lipinski definition) is 1. The first kappa shape index (κ1) is 16.2. The quantitative estimate of drug-likeness (QED) is 0.778. The largest absolute Gasteiger partial charge is 0.368 e. The van der Waals surface area contributed by atoms with Crippen LogP contribution in [0.15, 0.2) is 54.6 Å². The summed E-state index contributed by atoms with van der Waals surface area (Å²) < 4.78 is 1.19. The fourth-order valence-corrected chi connectivity index (χ4v) is 2.72. The van der Waals surface area contributed by atoms with Gasteiger partial charge in [-0.3, -0.25) is 4.79 Å². The van der Waals surface area contributed by atoms with E-state index in [0.29, 0.717) is 17.3 Å². The van der Waals surface area contributed by atoms with Crippen molar-refractivity contribution >= 4 is 23.5 Å². The first-order chi connectivity index (χ1) is 11.6. The molecule has 1 atom stereocenters. The zero-order valence-corrected chi connectivity index (χ0v) is 13.9. The lowest BCUT2D eigenvalue weighted by atomic mass is 9.96. The second kappa shape index (κ2) is 6.84. The van der Waals surface area contributed by atoms with Crippen LogP contribution in [0.25, 0.3) is 11.4 Å². The van der Waals surface area contributed by atoms with Crippen molar-refractivity contribution in [1.29, 1.82) is 0 Å². The number of hydrogen-bond acceptors (Lipinski definition) is 4. The molecule has 3 rings (SSSR count). The second-order valence-electron chi connectivity index (χ2n) is 5.42. The van der Waals surface area contributed by atoms with Crippen molar-refractivity contribution in [2.24, 2.45) is 0 Å². The van der Waals surface area contributed by atoms with E-state index in [1.165, 1.54) is 4.68 Å². The summed E-state index contributed by atoms with van der Waals surface area (Å²) in [5.74, 6) is -0.0121. The molecule has 3 aromatic rings. The van der Waals surface area contributed by atoms with Crippen LogP contribution in [0.4, 0.5) is 5.95 Å². The molecule has 0 amide bonds. The molecule has 0 unspecified atom stereocenters. The molecule has 1 aromatic heterocycles. The molecule has 0 aliphatic carbocycles. The molecule has 0 fully saturated rings. The molecule has 2 N–H and O–H groups in total. The standard InChI is InChI=1S/C18H17ClN4O/c1-2-15(12-6-4-3-5-7-12)17(24)23-18(20)21-16(22-23)13-8-10-14(19)11-9-13/h3-11,15H,2H2,1H3,(H2,20,21,22)/t15-/m0/s1. The van der Waals surface area contributed by atoms with Crippen LogP contribution in [0.3, 0.4) is 0 Å². The molecule has 0 saturated heterocycles. The van der Waals surface area contributed by atoms with E-state index >= 15 is 0 Å². The fraction of sp³-hybridized carbons (Fsp3) is 0.167. The van der Waals surface area contributed by atoms with Crippen molar-refractivity contribution < 1.29 is 4.79 Å². The van der Waals surface area contributed by atoms with Gasteiger partial charge in [0, 0.05) is 10.6 Å². The van der Waals surface area contributed by atoms with E-state index in [2.05, 4.69) is 10.1 Å². The van der Waals surface area contributed by atoms with Crippen molar-refractivity contribution in [3.63, 3.8) is 0 Å². The van der Waals surface area contributed by atoms with Gasteiger partial charge in [-0.15, -0.1) is 5.10 Å². The third-order valence-corrected chi connectivity index (χ3v) is 4.10. The molecule has 0 radical (unpaired) electrons. The lowest BCUT2D eigenvalue weighted by Gasteiger charge is -2.13. The van der Waals surface area contributed by atoms with Gasteiger partial charge in [-0.2, -0.15) is 9.67 Å². The van der Waals surface area contributed by atoms with Gasteiger partial charge < -0.3 is 5.73 Å². The molecule has 0 spiro atoms. The molecule has 5 nitrogen and oxygen atoms in total. The van der Waals surface area contributed by atoms with Gasteiger partial charge in [0.15, 0.2) is 5.82 Å². The van der Waals surface area contributed by atoms with E-state index in [1.54, 1.807) is 24.3 Å². The van der Waals surface area contributed by atoms with Crippen molar-refractivity contribution in [3.8, 4) is 11.4 Å². The third kappa shape index (κ3) is 3.16. The third-order valence-electron chi connectivity index (χ3n) is 3.85. The predicted octanol–water partition coefficient (Wildman–Crippen LogP) is 4.01. The Morgan fingerprint density at radius 1 is 1.17 bits per heavy atom. The van der Waals surface area contributed by atoms with E-state index in [4.69, 9.17) is 17.3 Å². The highest BCUT2D eigenvalue weighted by molar-refractivity contribution is 6.30. The maximum absolute atomic E-state index is 12.9. The van der Waals surface area contributed by atoms with Gasteiger partial charge in [0.1, 0.15) is 0 Å². The summed E-state index contributed by atoms with van der Waals surface area (Å²) in [4.78, 5) is 17.1. The average molecular weight is 341 g/mol. The molecule has 2 aromatic carbocycles. The van der Waals surface area contributed by atoms with E-state index in [-0.39, 0.29) is 17.8 Å². The van der Waals surface area contributed by atoms with E-state index in [1.807, 2.05) is 37.3 Å². The number of benzene rings is 2. The Bertz CT molecular complexity index is 843. The molecule has 122 valence electrons. The van der Waals surface area contributed by atoms with Gasteiger partial charge in [-0.25, -0.2) is 0 Å². The average Bonchev–Trinajstić information content (AvgIpc) is 2.99. The number of nitrogen functional groups attached to an aromatic ring is 1. The fourth-order valence-electron chi connectivity index (χ4n) is 2.59. The molecular formula is C18H17ClN4O. The Balaban J connectivity index is 1.94. The van der Waals surface area contributed by atoms with Gasteiger partial charge in [-0.1, -0.05) is 48.9 Å². The lowest BCUT2D eigenvalue weighted by molar-refractivity contribution is 0.0862. The number of anilines is 1. The lowest BCUT2D eigenvalue weighted by Crippen LogP contribution is -2.22. The van der Waals surface area contributed by atoms with Gasteiger partial charge in [0.2, 0.25) is 5.95 Å². The summed E-state index contributed by atoms with van der Waals surface area (Å²) in [5.41, 5.74) is 7.62. The molecule has 1 heterocycles. The van der Waals surface area contributed by atoms with Crippen LogP contribution in [0.5, 0.6) is 0 Å². The number of rotatable bonds is 4. The number of carbonyl (C=O) groups excluding carboxylic acids is 1. The number of aromatic nitrogens is 3. The topological polar surface area (TPSA) is 73.8 Å². The van der Waals surface area contributed by atoms with Gasteiger partial charge in [-0.05, 0) is 36.2 Å². The normalized spacial score (nSPS) is 12.1. The summed E-state index contributed by atoms with van der Waals surface area (Å²) in [7, 11) is 0. The highest BCUT2D eigenvalue weighted by Crippen LogP contribution is 2.24. The molecule has 0 saturated carbocycles. The van der Waals surface area contributed by atoms with Crippen LogP contribution in [0.2, 0.25) is 5.02 Å².